The van der Waals surface area contributed by atoms with Gasteiger partial charge >= 0.3 is 5.97 Å². The molecule has 0 radical (unpaired) electrons. The van der Waals surface area contributed by atoms with E-state index in [1.807, 2.05) is 96.6 Å². The molecule has 3 heterocycles. The van der Waals surface area contributed by atoms with Crippen molar-refractivity contribution in [3.8, 4) is 5.75 Å². The Labute approximate surface area is 232 Å². The highest BCUT2D eigenvalue weighted by atomic mass is 16.5. The van der Waals surface area contributed by atoms with E-state index >= 15 is 0 Å². The number of fused-ring (bicyclic) bond motifs is 1. The first-order valence-electron chi connectivity index (χ1n) is 13.8. The fourth-order valence-electron chi connectivity index (χ4n) is 3.99. The Hall–Kier alpha value is -3.75. The SMILES string of the molecule is CC.CC.CC.Cc1cn(C(c2ccccc2)C2CN(C)C(=O)c3c(OC(=O)C(C)C)c(=O)cnn32)nc1C. The molecule has 1 amide bonds. The van der Waals surface area contributed by atoms with Crippen LogP contribution in [0, 0.1) is 19.8 Å². The van der Waals surface area contributed by atoms with Crippen LogP contribution in [0.25, 0.3) is 0 Å². The van der Waals surface area contributed by atoms with Gasteiger partial charge in [-0.3, -0.25) is 19.1 Å². The number of amides is 1. The molecule has 39 heavy (non-hydrogen) atoms. The number of carbonyl (C=O) groups excluding carboxylic acids is 2. The van der Waals surface area contributed by atoms with Crippen LogP contribution in [0.5, 0.6) is 5.75 Å². The Kier molecular flexibility index (Phi) is 13.3. The molecule has 0 N–H and O–H groups in total. The highest BCUT2D eigenvalue weighted by Crippen LogP contribution is 2.36. The van der Waals surface area contributed by atoms with Crippen molar-refractivity contribution in [3.05, 3.63) is 75.5 Å². The number of rotatable bonds is 5. The number of aryl methyl sites for hydroxylation is 2. The van der Waals surface area contributed by atoms with E-state index in [1.165, 1.54) is 9.58 Å². The molecule has 2 unspecified atom stereocenters. The third-order valence-electron chi connectivity index (χ3n) is 5.92. The largest absolute Gasteiger partial charge is 0.420 e. The third-order valence-corrected chi connectivity index (χ3v) is 5.92. The van der Waals surface area contributed by atoms with Gasteiger partial charge in [-0.15, -0.1) is 0 Å². The molecular formula is C30H45N5O4. The number of benzene rings is 1. The molecule has 0 saturated heterocycles. The lowest BCUT2D eigenvalue weighted by atomic mass is 9.96. The summed E-state index contributed by atoms with van der Waals surface area (Å²) in [6.45, 7) is 19.6. The second-order valence-electron chi connectivity index (χ2n) is 8.69. The summed E-state index contributed by atoms with van der Waals surface area (Å²) in [5, 5.41) is 9.04. The summed E-state index contributed by atoms with van der Waals surface area (Å²) in [4.78, 5) is 39.6. The average molecular weight is 540 g/mol. The molecule has 1 aliphatic heterocycles. The van der Waals surface area contributed by atoms with Gasteiger partial charge in [-0.1, -0.05) is 85.7 Å². The molecule has 1 aromatic carbocycles. The monoisotopic (exact) mass is 539 g/mol. The van der Waals surface area contributed by atoms with Crippen LogP contribution in [0.1, 0.15) is 94.8 Å². The molecule has 3 aromatic rings. The molecule has 0 fully saturated rings. The Bertz CT molecular complexity index is 1240. The summed E-state index contributed by atoms with van der Waals surface area (Å²) in [5.41, 5.74) is 2.27. The maximum atomic E-state index is 13.2. The normalized spacial score (nSPS) is 14.5. The molecule has 0 aliphatic carbocycles. The summed E-state index contributed by atoms with van der Waals surface area (Å²) in [6, 6.07) is 9.09. The summed E-state index contributed by atoms with van der Waals surface area (Å²) in [6.07, 6.45) is 3.06. The second kappa shape index (κ2) is 15.6. The maximum Gasteiger partial charge on any atom is 0.313 e. The minimum absolute atomic E-state index is 0.0308. The Balaban J connectivity index is 0.00000119. The number of esters is 1. The van der Waals surface area contributed by atoms with Crippen LogP contribution in [0.2, 0.25) is 0 Å². The van der Waals surface area contributed by atoms with E-state index in [-0.39, 0.29) is 17.5 Å². The summed E-state index contributed by atoms with van der Waals surface area (Å²) in [5.74, 6) is -1.76. The van der Waals surface area contributed by atoms with Gasteiger partial charge in [0, 0.05) is 19.8 Å². The standard InChI is InChI=1S/C24H27N5O4.3C2H6/c1-14(2)24(32)33-22-19(30)11-25-29-18(13-27(5)23(31)21(22)29)20(17-9-7-6-8-10-17)28-12-15(3)16(4)26-28;3*1-2/h6-12,14,18,20H,13H2,1-5H3;3*1-2H3. The smallest absolute Gasteiger partial charge is 0.313 e. The number of nitrogens with zero attached hydrogens (tertiary/aromatic N) is 5. The predicted molar refractivity (Wildman–Crippen MR) is 155 cm³/mol. The van der Waals surface area contributed by atoms with Crippen molar-refractivity contribution in [2.75, 3.05) is 13.6 Å². The lowest BCUT2D eigenvalue weighted by Gasteiger charge is -2.37. The van der Waals surface area contributed by atoms with Crippen molar-refractivity contribution in [1.82, 2.24) is 24.5 Å². The van der Waals surface area contributed by atoms with Crippen molar-refractivity contribution in [3.63, 3.8) is 0 Å². The van der Waals surface area contributed by atoms with E-state index < -0.39 is 29.3 Å². The van der Waals surface area contributed by atoms with Crippen molar-refractivity contribution in [2.24, 2.45) is 5.92 Å². The first-order valence-corrected chi connectivity index (χ1v) is 13.8. The lowest BCUT2D eigenvalue weighted by Crippen LogP contribution is -2.46. The molecule has 9 nitrogen and oxygen atoms in total. The van der Waals surface area contributed by atoms with E-state index in [0.717, 1.165) is 23.0 Å². The number of hydrogen-bond acceptors (Lipinski definition) is 6. The van der Waals surface area contributed by atoms with Crippen LogP contribution in [0.4, 0.5) is 0 Å². The second-order valence-corrected chi connectivity index (χ2v) is 8.69. The van der Waals surface area contributed by atoms with Crippen LogP contribution in [0.3, 0.4) is 0 Å². The average Bonchev–Trinajstić information content (AvgIpc) is 3.29. The molecule has 9 heteroatoms. The molecule has 4 rings (SSSR count). The molecule has 0 saturated carbocycles. The lowest BCUT2D eigenvalue weighted by molar-refractivity contribution is -0.137. The highest BCUT2D eigenvalue weighted by molar-refractivity contribution is 5.96. The van der Waals surface area contributed by atoms with Gasteiger partial charge in [0.1, 0.15) is 6.04 Å². The number of carbonyl (C=O) groups is 2. The number of likely N-dealkylation sites (N-methyl/N-ethyl adjacent to an activating group) is 1. The zero-order valence-corrected chi connectivity index (χ0v) is 25.3. The fourth-order valence-corrected chi connectivity index (χ4v) is 3.99. The van der Waals surface area contributed by atoms with E-state index in [2.05, 4.69) is 5.10 Å². The van der Waals surface area contributed by atoms with Crippen LogP contribution >= 0.6 is 0 Å². The number of aromatic nitrogens is 4. The minimum Gasteiger partial charge on any atom is -0.420 e. The molecule has 0 bridgehead atoms. The predicted octanol–water partition coefficient (Wildman–Crippen LogP) is 5.61. The first kappa shape index (κ1) is 33.3. The zero-order chi connectivity index (χ0) is 29.9. The van der Waals surface area contributed by atoms with Crippen LogP contribution in [0.15, 0.2) is 47.5 Å². The summed E-state index contributed by atoms with van der Waals surface area (Å²) >= 11 is 0. The van der Waals surface area contributed by atoms with Crippen molar-refractivity contribution in [2.45, 2.75) is 81.3 Å². The highest BCUT2D eigenvalue weighted by Gasteiger charge is 2.40. The first-order chi connectivity index (χ1) is 18.7. The van der Waals surface area contributed by atoms with E-state index in [4.69, 9.17) is 9.84 Å². The number of ether oxygens (including phenoxy) is 1. The summed E-state index contributed by atoms with van der Waals surface area (Å²) < 4.78 is 8.79. The third kappa shape index (κ3) is 7.43. The van der Waals surface area contributed by atoms with E-state index in [9.17, 15) is 14.4 Å². The van der Waals surface area contributed by atoms with Crippen LogP contribution in [-0.2, 0) is 4.79 Å². The molecular weight excluding hydrogens is 494 g/mol. The van der Waals surface area contributed by atoms with Crippen LogP contribution in [-0.4, -0.2) is 49.9 Å². The van der Waals surface area contributed by atoms with Gasteiger partial charge in [0.2, 0.25) is 11.2 Å². The van der Waals surface area contributed by atoms with E-state index in [0.29, 0.717) is 6.54 Å². The molecule has 214 valence electrons. The van der Waals surface area contributed by atoms with Gasteiger partial charge in [-0.2, -0.15) is 10.2 Å². The quantitative estimate of drug-likeness (QED) is 0.391. The topological polar surface area (TPSA) is 99.3 Å². The van der Waals surface area contributed by atoms with Crippen LogP contribution < -0.4 is 10.2 Å². The molecule has 2 atom stereocenters. The molecule has 2 aromatic heterocycles. The maximum absolute atomic E-state index is 13.2. The molecule has 1 aliphatic rings. The van der Waals surface area contributed by atoms with Gasteiger partial charge < -0.3 is 9.64 Å². The van der Waals surface area contributed by atoms with Gasteiger partial charge in [0.15, 0.2) is 5.69 Å². The van der Waals surface area contributed by atoms with Gasteiger partial charge in [0.25, 0.3) is 5.91 Å². The summed E-state index contributed by atoms with van der Waals surface area (Å²) in [7, 11) is 1.66. The number of hydrogen-bond donors (Lipinski definition) is 0. The van der Waals surface area contributed by atoms with Gasteiger partial charge in [-0.05, 0) is 25.0 Å². The van der Waals surface area contributed by atoms with Gasteiger partial charge in [0.05, 0.1) is 23.9 Å². The Morgan fingerprint density at radius 3 is 2.10 bits per heavy atom. The van der Waals surface area contributed by atoms with E-state index in [1.54, 1.807) is 20.9 Å². The Morgan fingerprint density at radius 2 is 1.59 bits per heavy atom. The molecule has 0 spiro atoms. The Morgan fingerprint density at radius 1 is 1.00 bits per heavy atom. The fraction of sp³-hybridized carbons (Fsp3) is 0.500. The zero-order valence-electron chi connectivity index (χ0n) is 25.3. The van der Waals surface area contributed by atoms with Crippen molar-refractivity contribution >= 4 is 11.9 Å². The van der Waals surface area contributed by atoms with Crippen molar-refractivity contribution < 1.29 is 14.3 Å². The minimum atomic E-state index is -0.611. The van der Waals surface area contributed by atoms with Crippen molar-refractivity contribution in [1.29, 1.82) is 0 Å². The van der Waals surface area contributed by atoms with Gasteiger partial charge in [-0.25, -0.2) is 4.68 Å².